The third-order valence-corrected chi connectivity index (χ3v) is 8.50. The van der Waals surface area contributed by atoms with Crippen LogP contribution in [0.2, 0.25) is 0 Å². The largest absolute Gasteiger partial charge is 0.333 e. The average Bonchev–Trinajstić information content (AvgIpc) is 3.33. The normalized spacial score (nSPS) is 16.5. The molecule has 1 aliphatic carbocycles. The number of benzene rings is 5. The molecular weight excluding hydrogens is 508 g/mol. The Labute approximate surface area is 247 Å². The molecular formula is C40H30N2. The topological polar surface area (TPSA) is 6.48 Å². The van der Waals surface area contributed by atoms with Crippen LogP contribution in [0.4, 0.5) is 28.4 Å². The second-order valence-electron chi connectivity index (χ2n) is 11.0. The molecule has 0 aromatic heterocycles. The summed E-state index contributed by atoms with van der Waals surface area (Å²) in [5, 5.41) is 0. The molecule has 0 spiro atoms. The van der Waals surface area contributed by atoms with Crippen molar-refractivity contribution in [2.24, 2.45) is 0 Å². The molecule has 200 valence electrons. The summed E-state index contributed by atoms with van der Waals surface area (Å²) in [6.45, 7) is 0. The highest BCUT2D eigenvalue weighted by Gasteiger charge is 2.25. The Morgan fingerprint density at radius 1 is 0.452 bits per heavy atom. The van der Waals surface area contributed by atoms with Gasteiger partial charge in [0.05, 0.1) is 17.4 Å². The number of nitrogens with zero attached hydrogens (tertiary/aromatic N) is 2. The molecule has 2 aliphatic heterocycles. The highest BCUT2D eigenvalue weighted by atomic mass is 15.2. The van der Waals surface area contributed by atoms with Gasteiger partial charge in [-0.25, -0.2) is 0 Å². The van der Waals surface area contributed by atoms with E-state index in [2.05, 4.69) is 174 Å². The maximum Gasteiger partial charge on any atom is 0.0560 e. The number of fused-ring (bicyclic) bond motifs is 4. The summed E-state index contributed by atoms with van der Waals surface area (Å²) in [5.41, 5.74) is 13.5. The lowest BCUT2D eigenvalue weighted by Crippen LogP contribution is -2.30. The summed E-state index contributed by atoms with van der Waals surface area (Å²) in [6.07, 6.45) is 16.9. The van der Waals surface area contributed by atoms with Crippen LogP contribution in [0.25, 0.3) is 29.9 Å². The Hall–Kier alpha value is -5.34. The minimum atomic E-state index is 0.243. The van der Waals surface area contributed by atoms with Gasteiger partial charge in [-0.3, -0.25) is 0 Å². The molecule has 0 fully saturated rings. The minimum Gasteiger partial charge on any atom is -0.333 e. The van der Waals surface area contributed by atoms with Gasteiger partial charge in [-0.1, -0.05) is 127 Å². The van der Waals surface area contributed by atoms with Crippen molar-refractivity contribution in [3.8, 4) is 0 Å². The molecule has 8 rings (SSSR count). The third-order valence-electron chi connectivity index (χ3n) is 8.50. The fourth-order valence-electron chi connectivity index (χ4n) is 6.43. The lowest BCUT2D eigenvalue weighted by molar-refractivity contribution is 0.786. The predicted octanol–water partition coefficient (Wildman–Crippen LogP) is 10.7. The molecule has 2 nitrogen and oxygen atoms in total. The van der Waals surface area contributed by atoms with Gasteiger partial charge in [-0.05, 0) is 76.2 Å². The van der Waals surface area contributed by atoms with Crippen molar-refractivity contribution in [1.82, 2.24) is 0 Å². The van der Waals surface area contributed by atoms with Crippen LogP contribution in [0, 0.1) is 0 Å². The zero-order valence-electron chi connectivity index (χ0n) is 23.3. The quantitative estimate of drug-likeness (QED) is 0.221. The molecule has 5 aromatic carbocycles. The van der Waals surface area contributed by atoms with E-state index in [0.29, 0.717) is 0 Å². The van der Waals surface area contributed by atoms with E-state index in [1.54, 1.807) is 0 Å². The van der Waals surface area contributed by atoms with Gasteiger partial charge in [-0.2, -0.15) is 0 Å². The molecule has 5 aromatic rings. The zero-order chi connectivity index (χ0) is 27.9. The number of hydrogen-bond acceptors (Lipinski definition) is 2. The zero-order valence-corrected chi connectivity index (χ0v) is 23.3. The average molecular weight is 539 g/mol. The third kappa shape index (κ3) is 4.20. The van der Waals surface area contributed by atoms with Crippen molar-refractivity contribution in [3.05, 3.63) is 167 Å². The molecule has 0 radical (unpaired) electrons. The molecule has 0 bridgehead atoms. The van der Waals surface area contributed by atoms with E-state index in [4.69, 9.17) is 0 Å². The van der Waals surface area contributed by atoms with Crippen LogP contribution in [0.1, 0.15) is 34.2 Å². The Balaban J connectivity index is 1.10. The van der Waals surface area contributed by atoms with Crippen LogP contribution in [-0.2, 0) is 0 Å². The number of anilines is 5. The highest BCUT2D eigenvalue weighted by molar-refractivity contribution is 5.94. The molecule has 1 atom stereocenters. The van der Waals surface area contributed by atoms with Gasteiger partial charge in [0.2, 0.25) is 0 Å². The Bertz CT molecular complexity index is 1820. The van der Waals surface area contributed by atoms with E-state index in [1.807, 2.05) is 0 Å². The van der Waals surface area contributed by atoms with Crippen molar-refractivity contribution in [2.45, 2.75) is 12.5 Å². The smallest absolute Gasteiger partial charge is 0.0560 e. The lowest BCUT2D eigenvalue weighted by Gasteiger charge is -2.34. The number of rotatable bonds is 3. The van der Waals surface area contributed by atoms with Crippen LogP contribution in [0.5, 0.6) is 0 Å². The molecule has 0 saturated carbocycles. The first kappa shape index (κ1) is 24.5. The number of hydrogen-bond donors (Lipinski definition) is 0. The van der Waals surface area contributed by atoms with Gasteiger partial charge in [0.15, 0.2) is 0 Å². The number of para-hydroxylation sites is 4. The van der Waals surface area contributed by atoms with Crippen molar-refractivity contribution in [3.63, 3.8) is 0 Å². The van der Waals surface area contributed by atoms with Crippen molar-refractivity contribution >= 4 is 58.3 Å². The standard InChI is InChI=1S/C40H30N2/c1-5-13-37-31(9-1)17-18-32-10-2-6-14-38(32)41(37)35-25-21-29(22-26-35)30-23-27-36(28-24-30)42-39-15-7-3-11-33(39)19-20-34-12-4-8-16-40(34)42/h1-27,36H,28H2. The minimum absolute atomic E-state index is 0.243. The van der Waals surface area contributed by atoms with Gasteiger partial charge in [-0.15, -0.1) is 0 Å². The summed E-state index contributed by atoms with van der Waals surface area (Å²) in [7, 11) is 0. The number of allylic oxidation sites excluding steroid dienone is 2. The molecule has 1 unspecified atom stereocenters. The van der Waals surface area contributed by atoms with E-state index in [-0.39, 0.29) is 6.04 Å². The second kappa shape index (κ2) is 10.2. The van der Waals surface area contributed by atoms with Gasteiger partial charge in [0.1, 0.15) is 0 Å². The van der Waals surface area contributed by atoms with E-state index < -0.39 is 0 Å². The first-order valence-corrected chi connectivity index (χ1v) is 14.6. The van der Waals surface area contributed by atoms with Crippen LogP contribution < -0.4 is 9.80 Å². The van der Waals surface area contributed by atoms with Gasteiger partial charge in [0.25, 0.3) is 0 Å². The maximum atomic E-state index is 2.50. The monoisotopic (exact) mass is 538 g/mol. The SMILES string of the molecule is C1=CC(N2c3ccccc3C=Cc3ccccc32)CC=C1c1ccc(N2c3ccccc3C=Cc3ccccc32)cc1. The maximum absolute atomic E-state index is 2.50. The fraction of sp³-hybridized carbons (Fsp3) is 0.0500. The van der Waals surface area contributed by atoms with Crippen LogP contribution in [-0.4, -0.2) is 6.04 Å². The summed E-state index contributed by atoms with van der Waals surface area (Å²) < 4.78 is 0. The molecule has 0 saturated heterocycles. The molecule has 3 aliphatic rings. The van der Waals surface area contributed by atoms with Crippen LogP contribution in [0.3, 0.4) is 0 Å². The summed E-state index contributed by atoms with van der Waals surface area (Å²) in [6, 6.07) is 43.9. The van der Waals surface area contributed by atoms with Gasteiger partial charge >= 0.3 is 0 Å². The molecule has 2 heterocycles. The van der Waals surface area contributed by atoms with E-state index in [1.165, 1.54) is 56.1 Å². The molecule has 42 heavy (non-hydrogen) atoms. The van der Waals surface area contributed by atoms with E-state index >= 15 is 0 Å². The van der Waals surface area contributed by atoms with E-state index in [0.717, 1.165) is 12.1 Å². The van der Waals surface area contributed by atoms with Gasteiger partial charge in [0, 0.05) is 17.1 Å². The van der Waals surface area contributed by atoms with Crippen molar-refractivity contribution in [1.29, 1.82) is 0 Å². The van der Waals surface area contributed by atoms with Crippen molar-refractivity contribution in [2.75, 3.05) is 9.80 Å². The Kier molecular flexibility index (Phi) is 5.97. The van der Waals surface area contributed by atoms with Crippen LogP contribution >= 0.6 is 0 Å². The van der Waals surface area contributed by atoms with Gasteiger partial charge < -0.3 is 9.80 Å². The molecule has 0 N–H and O–H groups in total. The highest BCUT2D eigenvalue weighted by Crippen LogP contribution is 2.43. The summed E-state index contributed by atoms with van der Waals surface area (Å²) in [4.78, 5) is 4.87. The van der Waals surface area contributed by atoms with Crippen LogP contribution in [0.15, 0.2) is 140 Å². The second-order valence-corrected chi connectivity index (χ2v) is 11.0. The van der Waals surface area contributed by atoms with E-state index in [9.17, 15) is 0 Å². The fourth-order valence-corrected chi connectivity index (χ4v) is 6.43. The Morgan fingerprint density at radius 2 is 0.905 bits per heavy atom. The summed E-state index contributed by atoms with van der Waals surface area (Å²) in [5.74, 6) is 0. The summed E-state index contributed by atoms with van der Waals surface area (Å²) >= 11 is 0. The Morgan fingerprint density at radius 3 is 1.38 bits per heavy atom. The lowest BCUT2D eigenvalue weighted by atomic mass is 9.95. The predicted molar refractivity (Wildman–Crippen MR) is 180 cm³/mol. The molecule has 0 amide bonds. The van der Waals surface area contributed by atoms with Crippen molar-refractivity contribution < 1.29 is 0 Å². The first-order chi connectivity index (χ1) is 20.8. The first-order valence-electron chi connectivity index (χ1n) is 14.6. The molecule has 2 heteroatoms.